The van der Waals surface area contributed by atoms with Crippen molar-refractivity contribution in [2.45, 2.75) is 31.8 Å². The van der Waals surface area contributed by atoms with E-state index in [1.54, 1.807) is 17.4 Å². The predicted octanol–water partition coefficient (Wildman–Crippen LogP) is 4.45. The number of aryl methyl sites for hydroxylation is 1. The summed E-state index contributed by atoms with van der Waals surface area (Å²) in [6.45, 7) is 2.13. The Hall–Kier alpha value is -1.03. The van der Waals surface area contributed by atoms with Crippen molar-refractivity contribution in [2.75, 3.05) is 0 Å². The molecule has 4 heteroatoms. The van der Waals surface area contributed by atoms with Gasteiger partial charge in [0.25, 0.3) is 0 Å². The molecule has 1 aromatic carbocycles. The number of phenolic OH excluding ortho intramolecular Hbond substituents is 1. The summed E-state index contributed by atoms with van der Waals surface area (Å²) in [5, 5.41) is 13.2. The van der Waals surface area contributed by atoms with E-state index < -0.39 is 0 Å². The minimum atomic E-state index is 0.210. The highest BCUT2D eigenvalue weighted by molar-refractivity contribution is 7.16. The second-order valence-electron chi connectivity index (χ2n) is 5.00. The van der Waals surface area contributed by atoms with E-state index in [-0.39, 0.29) is 6.04 Å². The lowest BCUT2D eigenvalue weighted by atomic mass is 10.1. The summed E-state index contributed by atoms with van der Waals surface area (Å²) in [5.41, 5.74) is 2.46. The first-order valence-corrected chi connectivity index (χ1v) is 7.66. The first-order chi connectivity index (χ1) is 9.13. The Morgan fingerprint density at radius 1 is 1.42 bits per heavy atom. The van der Waals surface area contributed by atoms with E-state index in [0.29, 0.717) is 11.8 Å². The van der Waals surface area contributed by atoms with Gasteiger partial charge >= 0.3 is 0 Å². The molecule has 2 nitrogen and oxygen atoms in total. The zero-order valence-electron chi connectivity index (χ0n) is 10.7. The zero-order valence-corrected chi connectivity index (χ0v) is 12.3. The van der Waals surface area contributed by atoms with Crippen LogP contribution >= 0.6 is 22.9 Å². The molecule has 1 aromatic heterocycles. The van der Waals surface area contributed by atoms with Gasteiger partial charge in [0, 0.05) is 17.0 Å². The topological polar surface area (TPSA) is 32.3 Å². The smallest absolute Gasteiger partial charge is 0.115 e. The van der Waals surface area contributed by atoms with Gasteiger partial charge < -0.3 is 10.4 Å². The molecule has 1 aliphatic rings. The van der Waals surface area contributed by atoms with Crippen LogP contribution in [0.5, 0.6) is 5.75 Å². The summed E-state index contributed by atoms with van der Waals surface area (Å²) in [6.07, 6.45) is 2.23. The molecule has 1 aliphatic carbocycles. The maximum Gasteiger partial charge on any atom is 0.115 e. The largest absolute Gasteiger partial charge is 0.508 e. The van der Waals surface area contributed by atoms with Gasteiger partial charge in [0.15, 0.2) is 0 Å². The van der Waals surface area contributed by atoms with Crippen molar-refractivity contribution < 1.29 is 5.11 Å². The first-order valence-electron chi connectivity index (χ1n) is 6.46. The zero-order chi connectivity index (χ0) is 13.4. The Morgan fingerprint density at radius 2 is 2.26 bits per heavy atom. The highest BCUT2D eigenvalue weighted by Crippen LogP contribution is 2.40. The molecule has 1 heterocycles. The SMILES string of the molecule is CC(NC1CCc2sc(Cl)cc21)c1cccc(O)c1. The van der Waals surface area contributed by atoms with Crippen LogP contribution in [-0.4, -0.2) is 5.11 Å². The highest BCUT2D eigenvalue weighted by atomic mass is 35.5. The molecule has 0 bridgehead atoms. The quantitative estimate of drug-likeness (QED) is 0.876. The van der Waals surface area contributed by atoms with E-state index >= 15 is 0 Å². The van der Waals surface area contributed by atoms with Crippen LogP contribution in [-0.2, 0) is 6.42 Å². The third-order valence-electron chi connectivity index (χ3n) is 3.67. The van der Waals surface area contributed by atoms with E-state index in [9.17, 15) is 5.11 Å². The van der Waals surface area contributed by atoms with Crippen molar-refractivity contribution in [3.63, 3.8) is 0 Å². The van der Waals surface area contributed by atoms with Crippen molar-refractivity contribution >= 4 is 22.9 Å². The maximum atomic E-state index is 9.54. The molecule has 0 saturated heterocycles. The molecule has 2 aromatic rings. The average Bonchev–Trinajstić information content (AvgIpc) is 2.90. The average molecular weight is 294 g/mol. The van der Waals surface area contributed by atoms with Crippen LogP contribution in [0.1, 0.15) is 41.4 Å². The van der Waals surface area contributed by atoms with E-state index in [1.165, 1.54) is 10.4 Å². The van der Waals surface area contributed by atoms with Crippen molar-refractivity contribution in [3.05, 3.63) is 50.7 Å². The van der Waals surface area contributed by atoms with Crippen molar-refractivity contribution in [1.82, 2.24) is 5.32 Å². The number of thiophene rings is 1. The number of benzene rings is 1. The molecule has 0 spiro atoms. The molecular weight excluding hydrogens is 278 g/mol. The number of rotatable bonds is 3. The molecule has 100 valence electrons. The van der Waals surface area contributed by atoms with Crippen LogP contribution < -0.4 is 5.32 Å². The number of halogens is 1. The molecule has 0 radical (unpaired) electrons. The van der Waals surface area contributed by atoms with Gasteiger partial charge in [-0.05, 0) is 49.1 Å². The molecule has 0 fully saturated rings. The standard InChI is InChI=1S/C15H16ClNOS/c1-9(10-3-2-4-11(18)7-10)17-13-5-6-14-12(13)8-15(16)19-14/h2-4,7-9,13,17-18H,5-6H2,1H3. The number of hydrogen-bond acceptors (Lipinski definition) is 3. The first kappa shape index (κ1) is 13.0. The van der Waals surface area contributed by atoms with E-state index in [1.807, 2.05) is 18.2 Å². The Morgan fingerprint density at radius 3 is 3.05 bits per heavy atom. The van der Waals surface area contributed by atoms with Crippen molar-refractivity contribution in [3.8, 4) is 5.75 Å². The monoisotopic (exact) mass is 293 g/mol. The fraction of sp³-hybridized carbons (Fsp3) is 0.333. The number of nitrogens with one attached hydrogen (secondary N) is 1. The number of aromatic hydroxyl groups is 1. The van der Waals surface area contributed by atoms with Crippen LogP contribution in [0.15, 0.2) is 30.3 Å². The van der Waals surface area contributed by atoms with Crippen LogP contribution in [0.25, 0.3) is 0 Å². The van der Waals surface area contributed by atoms with Crippen LogP contribution in [0.2, 0.25) is 4.34 Å². The second-order valence-corrected chi connectivity index (χ2v) is 6.77. The molecule has 0 amide bonds. The van der Waals surface area contributed by atoms with Crippen LogP contribution in [0.4, 0.5) is 0 Å². The van der Waals surface area contributed by atoms with Crippen LogP contribution in [0, 0.1) is 0 Å². The summed E-state index contributed by atoms with van der Waals surface area (Å²) in [6, 6.07) is 10.1. The summed E-state index contributed by atoms with van der Waals surface area (Å²) in [5.74, 6) is 0.317. The minimum Gasteiger partial charge on any atom is -0.508 e. The predicted molar refractivity (Wildman–Crippen MR) is 80.0 cm³/mol. The molecule has 0 saturated carbocycles. The Labute approximate surface area is 122 Å². The minimum absolute atomic E-state index is 0.210. The lowest BCUT2D eigenvalue weighted by Gasteiger charge is -2.20. The third kappa shape index (κ3) is 2.64. The van der Waals surface area contributed by atoms with Gasteiger partial charge in [-0.1, -0.05) is 23.7 Å². The van der Waals surface area contributed by atoms with Gasteiger partial charge in [-0.3, -0.25) is 0 Å². The van der Waals surface area contributed by atoms with Crippen molar-refractivity contribution in [1.29, 1.82) is 0 Å². The number of hydrogen-bond donors (Lipinski definition) is 2. The fourth-order valence-electron chi connectivity index (χ4n) is 2.70. The van der Waals surface area contributed by atoms with Gasteiger partial charge in [0.2, 0.25) is 0 Å². The van der Waals surface area contributed by atoms with E-state index in [4.69, 9.17) is 11.6 Å². The summed E-state index contributed by atoms with van der Waals surface area (Å²) < 4.78 is 0.876. The van der Waals surface area contributed by atoms with Crippen LogP contribution in [0.3, 0.4) is 0 Å². The molecule has 2 N–H and O–H groups in total. The maximum absolute atomic E-state index is 9.54. The molecular formula is C15H16ClNOS. The Balaban J connectivity index is 1.75. The number of fused-ring (bicyclic) bond motifs is 1. The lowest BCUT2D eigenvalue weighted by Crippen LogP contribution is -2.22. The summed E-state index contributed by atoms with van der Waals surface area (Å²) in [7, 11) is 0. The molecule has 3 rings (SSSR count). The Bertz CT molecular complexity index is 596. The van der Waals surface area contributed by atoms with Gasteiger partial charge in [0.05, 0.1) is 4.34 Å². The van der Waals surface area contributed by atoms with Gasteiger partial charge in [-0.2, -0.15) is 0 Å². The summed E-state index contributed by atoms with van der Waals surface area (Å²) in [4.78, 5) is 1.41. The molecule has 0 aliphatic heterocycles. The normalized spacial score (nSPS) is 19.4. The van der Waals surface area contributed by atoms with Gasteiger partial charge in [-0.25, -0.2) is 0 Å². The second kappa shape index (κ2) is 5.16. The molecule has 19 heavy (non-hydrogen) atoms. The number of phenols is 1. The third-order valence-corrected chi connectivity index (χ3v) is 5.01. The fourth-order valence-corrected chi connectivity index (χ4v) is 4.05. The molecule has 2 atom stereocenters. The van der Waals surface area contributed by atoms with Gasteiger partial charge in [0.1, 0.15) is 5.75 Å². The van der Waals surface area contributed by atoms with E-state index in [0.717, 1.165) is 22.7 Å². The van der Waals surface area contributed by atoms with Crippen molar-refractivity contribution in [2.24, 2.45) is 0 Å². The van der Waals surface area contributed by atoms with Gasteiger partial charge in [-0.15, -0.1) is 11.3 Å². The van der Waals surface area contributed by atoms with E-state index in [2.05, 4.69) is 18.3 Å². The highest BCUT2D eigenvalue weighted by Gasteiger charge is 2.26. The summed E-state index contributed by atoms with van der Waals surface area (Å²) >= 11 is 7.77. The Kier molecular flexibility index (Phi) is 3.52. The molecule has 2 unspecified atom stereocenters. The lowest BCUT2D eigenvalue weighted by molar-refractivity contribution is 0.455.